The predicted octanol–water partition coefficient (Wildman–Crippen LogP) is 3.96. The molecule has 1 aromatic carbocycles. The Morgan fingerprint density at radius 3 is 2.80 bits per heavy atom. The van der Waals surface area contributed by atoms with Crippen molar-refractivity contribution < 1.29 is 9.18 Å². The summed E-state index contributed by atoms with van der Waals surface area (Å²) in [6, 6.07) is 4.50. The van der Waals surface area contributed by atoms with Gasteiger partial charge in [-0.15, -0.1) is 0 Å². The maximum atomic E-state index is 13.4. The van der Waals surface area contributed by atoms with Crippen molar-refractivity contribution in [1.29, 1.82) is 0 Å². The quantitative estimate of drug-likeness (QED) is 0.760. The zero-order valence-electron chi connectivity index (χ0n) is 8.30. The van der Waals surface area contributed by atoms with Gasteiger partial charge in [-0.1, -0.05) is 35.2 Å². The molecule has 0 N–H and O–H groups in total. The molecule has 1 aliphatic carbocycles. The first-order chi connectivity index (χ1) is 7.16. The Morgan fingerprint density at radius 1 is 1.47 bits per heavy atom. The van der Waals surface area contributed by atoms with Gasteiger partial charge in [0, 0.05) is 10.9 Å². The molecule has 1 nitrogen and oxygen atoms in total. The van der Waals surface area contributed by atoms with Crippen molar-refractivity contribution in [3.63, 3.8) is 0 Å². The second kappa shape index (κ2) is 4.44. The second-order valence-electron chi connectivity index (χ2n) is 4.05. The van der Waals surface area contributed by atoms with E-state index in [1.807, 2.05) is 0 Å². The second-order valence-corrected chi connectivity index (χ2v) is 4.96. The maximum Gasteiger partial charge on any atom is 0.166 e. The topological polar surface area (TPSA) is 17.1 Å². The van der Waals surface area contributed by atoms with Crippen molar-refractivity contribution in [3.8, 4) is 0 Å². The van der Waals surface area contributed by atoms with Crippen molar-refractivity contribution in [3.05, 3.63) is 34.1 Å². The van der Waals surface area contributed by atoms with E-state index >= 15 is 0 Å². The van der Waals surface area contributed by atoms with Crippen LogP contribution in [0.2, 0.25) is 0 Å². The number of hydrogen-bond acceptors (Lipinski definition) is 1. The highest BCUT2D eigenvalue weighted by molar-refractivity contribution is 9.10. The van der Waals surface area contributed by atoms with E-state index in [0.29, 0.717) is 12.3 Å². The molecule has 15 heavy (non-hydrogen) atoms. The molecule has 3 heteroatoms. The van der Waals surface area contributed by atoms with Crippen LogP contribution >= 0.6 is 15.9 Å². The van der Waals surface area contributed by atoms with Gasteiger partial charge in [-0.2, -0.15) is 0 Å². The molecule has 0 atom stereocenters. The first-order valence-corrected chi connectivity index (χ1v) is 5.94. The average molecular weight is 271 g/mol. The van der Waals surface area contributed by atoms with Gasteiger partial charge in [-0.25, -0.2) is 4.39 Å². The van der Waals surface area contributed by atoms with Gasteiger partial charge >= 0.3 is 0 Å². The number of halogens is 2. The van der Waals surface area contributed by atoms with Crippen molar-refractivity contribution in [1.82, 2.24) is 0 Å². The van der Waals surface area contributed by atoms with Crippen molar-refractivity contribution in [2.75, 3.05) is 0 Å². The zero-order chi connectivity index (χ0) is 10.8. The fourth-order valence-electron chi connectivity index (χ4n) is 1.78. The maximum absolute atomic E-state index is 13.4. The van der Waals surface area contributed by atoms with Crippen LogP contribution in [0.4, 0.5) is 4.39 Å². The van der Waals surface area contributed by atoms with Crippen LogP contribution in [0.15, 0.2) is 22.7 Å². The van der Waals surface area contributed by atoms with E-state index in [4.69, 9.17) is 0 Å². The molecule has 2 rings (SSSR count). The van der Waals surface area contributed by atoms with Crippen LogP contribution in [0.1, 0.15) is 36.0 Å². The molecule has 0 amide bonds. The number of hydrogen-bond donors (Lipinski definition) is 0. The van der Waals surface area contributed by atoms with E-state index in [-0.39, 0.29) is 11.3 Å². The predicted molar refractivity (Wildman–Crippen MR) is 60.4 cm³/mol. The van der Waals surface area contributed by atoms with Crippen molar-refractivity contribution >= 4 is 21.7 Å². The van der Waals surface area contributed by atoms with Gasteiger partial charge < -0.3 is 0 Å². The lowest BCUT2D eigenvalue weighted by Gasteiger charge is -2.24. The van der Waals surface area contributed by atoms with Crippen LogP contribution in [0, 0.1) is 11.7 Å². The standard InChI is InChI=1S/C12H12BrFO/c13-9-4-5-11(14)10(7-9)12(15)6-8-2-1-3-8/h4-5,7-8H,1-3,6H2. The summed E-state index contributed by atoms with van der Waals surface area (Å²) in [6.45, 7) is 0. The molecule has 0 radical (unpaired) electrons. The molecule has 0 saturated heterocycles. The fourth-order valence-corrected chi connectivity index (χ4v) is 2.14. The Labute approximate surface area is 96.8 Å². The third-order valence-electron chi connectivity index (χ3n) is 2.93. The van der Waals surface area contributed by atoms with Gasteiger partial charge in [0.05, 0.1) is 5.56 Å². The van der Waals surface area contributed by atoms with E-state index in [9.17, 15) is 9.18 Å². The lowest BCUT2D eigenvalue weighted by atomic mass is 9.81. The summed E-state index contributed by atoms with van der Waals surface area (Å²) in [5.74, 6) is -0.00287. The normalized spacial score (nSPS) is 16.1. The Hall–Kier alpha value is -0.700. The third-order valence-corrected chi connectivity index (χ3v) is 3.42. The van der Waals surface area contributed by atoms with E-state index in [0.717, 1.165) is 17.3 Å². The minimum absolute atomic E-state index is 0.0708. The van der Waals surface area contributed by atoms with E-state index in [1.165, 1.54) is 12.5 Å². The summed E-state index contributed by atoms with van der Waals surface area (Å²) < 4.78 is 14.1. The van der Waals surface area contributed by atoms with Crippen LogP contribution in [-0.4, -0.2) is 5.78 Å². The monoisotopic (exact) mass is 270 g/mol. The lowest BCUT2D eigenvalue weighted by molar-refractivity contribution is 0.0932. The summed E-state index contributed by atoms with van der Waals surface area (Å²) in [4.78, 5) is 11.8. The highest BCUT2D eigenvalue weighted by Crippen LogP contribution is 2.31. The fraction of sp³-hybridized carbons (Fsp3) is 0.417. The van der Waals surface area contributed by atoms with Gasteiger partial charge in [-0.3, -0.25) is 4.79 Å². The third kappa shape index (κ3) is 2.46. The average Bonchev–Trinajstić information content (AvgIpc) is 2.15. The summed E-state index contributed by atoms with van der Waals surface area (Å²) in [7, 11) is 0. The van der Waals surface area contributed by atoms with Crippen LogP contribution in [-0.2, 0) is 0 Å². The van der Waals surface area contributed by atoms with Crippen LogP contribution in [0.5, 0.6) is 0 Å². The molecule has 0 heterocycles. The smallest absolute Gasteiger partial charge is 0.166 e. The highest BCUT2D eigenvalue weighted by Gasteiger charge is 2.22. The SMILES string of the molecule is O=C(CC1CCC1)c1cc(Br)ccc1F. The molecule has 0 unspecified atom stereocenters. The molecular weight excluding hydrogens is 259 g/mol. The molecule has 1 fully saturated rings. The number of benzene rings is 1. The van der Waals surface area contributed by atoms with Crippen LogP contribution < -0.4 is 0 Å². The zero-order valence-corrected chi connectivity index (χ0v) is 9.89. The van der Waals surface area contributed by atoms with Crippen molar-refractivity contribution in [2.24, 2.45) is 5.92 Å². The first-order valence-electron chi connectivity index (χ1n) is 5.15. The Bertz CT molecular complexity index is 385. The van der Waals surface area contributed by atoms with E-state index in [1.54, 1.807) is 12.1 Å². The summed E-state index contributed by atoms with van der Waals surface area (Å²) in [6.07, 6.45) is 3.93. The minimum atomic E-state index is -0.414. The molecule has 1 aliphatic rings. The number of rotatable bonds is 3. The molecule has 0 spiro atoms. The Morgan fingerprint density at radius 2 is 2.20 bits per heavy atom. The first kappa shape index (κ1) is 10.8. The molecule has 80 valence electrons. The van der Waals surface area contributed by atoms with E-state index in [2.05, 4.69) is 15.9 Å². The number of carbonyl (C=O) groups excluding carboxylic acids is 1. The van der Waals surface area contributed by atoms with Gasteiger partial charge in [0.25, 0.3) is 0 Å². The highest BCUT2D eigenvalue weighted by atomic mass is 79.9. The molecule has 1 saturated carbocycles. The summed E-state index contributed by atoms with van der Waals surface area (Å²) >= 11 is 3.24. The lowest BCUT2D eigenvalue weighted by Crippen LogP contribution is -2.16. The van der Waals surface area contributed by atoms with Gasteiger partial charge in [0.15, 0.2) is 5.78 Å². The van der Waals surface area contributed by atoms with Crippen molar-refractivity contribution in [2.45, 2.75) is 25.7 Å². The number of carbonyl (C=O) groups is 1. The molecule has 1 aromatic rings. The van der Waals surface area contributed by atoms with Crippen LogP contribution in [0.25, 0.3) is 0 Å². The number of ketones is 1. The summed E-state index contributed by atoms with van der Waals surface area (Å²) in [5, 5.41) is 0. The molecule has 0 aliphatic heterocycles. The Kier molecular flexibility index (Phi) is 3.19. The summed E-state index contributed by atoms with van der Waals surface area (Å²) in [5.41, 5.74) is 0.219. The minimum Gasteiger partial charge on any atom is -0.294 e. The van der Waals surface area contributed by atoms with Gasteiger partial charge in [0.2, 0.25) is 0 Å². The van der Waals surface area contributed by atoms with Gasteiger partial charge in [-0.05, 0) is 24.1 Å². The van der Waals surface area contributed by atoms with Gasteiger partial charge in [0.1, 0.15) is 5.82 Å². The van der Waals surface area contributed by atoms with Crippen LogP contribution in [0.3, 0.4) is 0 Å². The largest absolute Gasteiger partial charge is 0.294 e. The molecule has 0 bridgehead atoms. The molecular formula is C12H12BrFO. The number of Topliss-reactive ketones (excluding diaryl/α,β-unsaturated/α-hetero) is 1. The van der Waals surface area contributed by atoms with E-state index < -0.39 is 5.82 Å². The Balaban J connectivity index is 2.12. The molecule has 0 aromatic heterocycles.